The summed E-state index contributed by atoms with van der Waals surface area (Å²) in [6.45, 7) is 7.14. The van der Waals surface area contributed by atoms with E-state index in [1.807, 2.05) is 0 Å². The molecule has 2 heterocycles. The lowest BCUT2D eigenvalue weighted by Crippen LogP contribution is -2.52. The van der Waals surface area contributed by atoms with Gasteiger partial charge in [-0.25, -0.2) is 0 Å². The van der Waals surface area contributed by atoms with Gasteiger partial charge in [-0.05, 0) is 58.7 Å². The predicted octanol–water partition coefficient (Wildman–Crippen LogP) is 1.89. The van der Waals surface area contributed by atoms with Gasteiger partial charge < -0.3 is 19.7 Å². The third-order valence-electron chi connectivity index (χ3n) is 4.72. The van der Waals surface area contributed by atoms with Crippen molar-refractivity contribution in [3.63, 3.8) is 0 Å². The predicted molar refractivity (Wildman–Crippen MR) is 82.1 cm³/mol. The summed E-state index contributed by atoms with van der Waals surface area (Å²) in [4.78, 5) is 2.31. The highest BCUT2D eigenvalue weighted by molar-refractivity contribution is 4.93. The van der Waals surface area contributed by atoms with E-state index in [1.54, 1.807) is 0 Å². The molecule has 2 aliphatic heterocycles. The Hall–Kier alpha value is -0.160. The van der Waals surface area contributed by atoms with Gasteiger partial charge in [0.05, 0.1) is 5.60 Å². The molecule has 0 aromatic carbocycles. The summed E-state index contributed by atoms with van der Waals surface area (Å²) >= 11 is 0. The average molecular weight is 284 g/mol. The van der Waals surface area contributed by atoms with Gasteiger partial charge in [0.15, 0.2) is 0 Å². The third-order valence-corrected chi connectivity index (χ3v) is 4.72. The van der Waals surface area contributed by atoms with Crippen LogP contribution >= 0.6 is 0 Å². The summed E-state index contributed by atoms with van der Waals surface area (Å²) in [6.07, 6.45) is 5.74. The lowest BCUT2D eigenvalue weighted by Gasteiger charge is -2.45. The molecule has 2 rings (SSSR count). The maximum Gasteiger partial charge on any atom is 0.0729 e. The van der Waals surface area contributed by atoms with E-state index < -0.39 is 0 Å². The molecule has 0 radical (unpaired) electrons. The van der Waals surface area contributed by atoms with Crippen molar-refractivity contribution in [2.45, 2.75) is 50.7 Å². The second-order valence-corrected chi connectivity index (χ2v) is 6.72. The van der Waals surface area contributed by atoms with E-state index in [-0.39, 0.29) is 5.60 Å². The highest BCUT2D eigenvalue weighted by atomic mass is 16.5. The summed E-state index contributed by atoms with van der Waals surface area (Å²) in [6, 6.07) is 0.591. The van der Waals surface area contributed by atoms with Crippen LogP contribution in [0.2, 0.25) is 0 Å². The Morgan fingerprint density at radius 3 is 2.65 bits per heavy atom. The maximum atomic E-state index is 6.17. The van der Waals surface area contributed by atoms with Crippen molar-refractivity contribution < 1.29 is 9.47 Å². The molecule has 2 aliphatic rings. The molecule has 0 aliphatic carbocycles. The molecule has 2 atom stereocenters. The fourth-order valence-electron chi connectivity index (χ4n) is 3.60. The molecule has 0 amide bonds. The number of ether oxygens (including phenoxy) is 2. The first-order valence-corrected chi connectivity index (χ1v) is 8.25. The van der Waals surface area contributed by atoms with Gasteiger partial charge in [0.1, 0.15) is 0 Å². The molecule has 4 heteroatoms. The smallest absolute Gasteiger partial charge is 0.0729 e. The summed E-state index contributed by atoms with van der Waals surface area (Å²) in [5, 5.41) is 3.76. The Morgan fingerprint density at radius 2 is 2.00 bits per heavy atom. The van der Waals surface area contributed by atoms with E-state index >= 15 is 0 Å². The van der Waals surface area contributed by atoms with Crippen LogP contribution in [0.15, 0.2) is 0 Å². The Morgan fingerprint density at radius 1 is 1.25 bits per heavy atom. The number of hydrogen-bond acceptors (Lipinski definition) is 4. The van der Waals surface area contributed by atoms with Crippen molar-refractivity contribution in [2.24, 2.45) is 5.92 Å². The van der Waals surface area contributed by atoms with Gasteiger partial charge in [-0.2, -0.15) is 0 Å². The van der Waals surface area contributed by atoms with Crippen molar-refractivity contribution in [3.8, 4) is 0 Å². The fraction of sp³-hybridized carbons (Fsp3) is 1.00. The highest BCUT2D eigenvalue weighted by Crippen LogP contribution is 2.38. The first-order valence-electron chi connectivity index (χ1n) is 8.25. The largest absolute Gasteiger partial charge is 0.381 e. The Balaban J connectivity index is 1.96. The molecular formula is C16H32N2O2. The van der Waals surface area contributed by atoms with Crippen LogP contribution in [0.3, 0.4) is 0 Å². The van der Waals surface area contributed by atoms with Crippen LogP contribution in [0, 0.1) is 5.92 Å². The molecule has 0 aromatic heterocycles. The fourth-order valence-corrected chi connectivity index (χ4v) is 3.60. The van der Waals surface area contributed by atoms with Crippen LogP contribution in [-0.4, -0.2) is 63.5 Å². The zero-order valence-electron chi connectivity index (χ0n) is 13.5. The van der Waals surface area contributed by atoms with E-state index in [9.17, 15) is 0 Å². The van der Waals surface area contributed by atoms with Gasteiger partial charge in [-0.3, -0.25) is 0 Å². The number of nitrogens with one attached hydrogen (secondary N) is 1. The monoisotopic (exact) mass is 284 g/mol. The molecular weight excluding hydrogens is 252 g/mol. The number of hydrogen-bond donors (Lipinski definition) is 1. The molecule has 1 spiro atoms. The summed E-state index contributed by atoms with van der Waals surface area (Å²) in [5.41, 5.74) is 0.111. The zero-order valence-corrected chi connectivity index (χ0v) is 13.5. The van der Waals surface area contributed by atoms with Crippen LogP contribution in [0.4, 0.5) is 0 Å². The summed E-state index contributed by atoms with van der Waals surface area (Å²) in [7, 11) is 4.34. The van der Waals surface area contributed by atoms with Gasteiger partial charge in [0.25, 0.3) is 0 Å². The second-order valence-electron chi connectivity index (χ2n) is 6.72. The van der Waals surface area contributed by atoms with E-state index in [0.29, 0.717) is 6.04 Å². The summed E-state index contributed by atoms with van der Waals surface area (Å²) < 4.78 is 11.7. The lowest BCUT2D eigenvalue weighted by molar-refractivity contribution is -0.150. The number of likely N-dealkylation sites (N-methyl/N-ethyl adjacent to an activating group) is 1. The molecule has 0 bridgehead atoms. The Labute approximate surface area is 124 Å². The van der Waals surface area contributed by atoms with E-state index in [4.69, 9.17) is 9.47 Å². The maximum absolute atomic E-state index is 6.17. The van der Waals surface area contributed by atoms with Gasteiger partial charge in [0, 0.05) is 32.4 Å². The minimum absolute atomic E-state index is 0.111. The van der Waals surface area contributed by atoms with Gasteiger partial charge in [0.2, 0.25) is 0 Å². The van der Waals surface area contributed by atoms with Crippen molar-refractivity contribution in [1.29, 1.82) is 0 Å². The Kier molecular flexibility index (Phi) is 6.27. The number of rotatable bonds is 6. The Bertz CT molecular complexity index is 272. The van der Waals surface area contributed by atoms with Gasteiger partial charge in [-0.15, -0.1) is 0 Å². The van der Waals surface area contributed by atoms with E-state index in [2.05, 4.69) is 31.2 Å². The first-order chi connectivity index (χ1) is 9.65. The molecule has 0 aromatic rings. The van der Waals surface area contributed by atoms with Gasteiger partial charge >= 0.3 is 0 Å². The molecule has 20 heavy (non-hydrogen) atoms. The lowest BCUT2D eigenvalue weighted by atomic mass is 9.77. The van der Waals surface area contributed by atoms with E-state index in [1.165, 1.54) is 19.3 Å². The molecule has 118 valence electrons. The minimum Gasteiger partial charge on any atom is -0.381 e. The molecule has 2 unspecified atom stereocenters. The topological polar surface area (TPSA) is 33.7 Å². The van der Waals surface area contributed by atoms with Crippen molar-refractivity contribution in [2.75, 3.05) is 47.0 Å². The standard InChI is InChI=1S/C16H32N2O2/c1-4-8-17-15(13-18(2)3)14-5-9-20-16(12-14)6-10-19-11-7-16/h14-15,17H,4-13H2,1-3H3. The molecule has 1 N–H and O–H groups in total. The quantitative estimate of drug-likeness (QED) is 0.807. The van der Waals surface area contributed by atoms with Crippen LogP contribution in [0.5, 0.6) is 0 Å². The normalized spacial score (nSPS) is 27.9. The van der Waals surface area contributed by atoms with Gasteiger partial charge in [-0.1, -0.05) is 6.92 Å². The van der Waals surface area contributed by atoms with Crippen LogP contribution < -0.4 is 5.32 Å². The van der Waals surface area contributed by atoms with E-state index in [0.717, 1.165) is 51.7 Å². The van der Waals surface area contributed by atoms with Crippen LogP contribution in [0.25, 0.3) is 0 Å². The SMILES string of the molecule is CCCNC(CN(C)C)C1CCOC2(CCOCC2)C1. The first kappa shape index (κ1) is 16.2. The molecule has 4 nitrogen and oxygen atoms in total. The van der Waals surface area contributed by atoms with Crippen LogP contribution in [-0.2, 0) is 9.47 Å². The zero-order chi connectivity index (χ0) is 14.4. The average Bonchev–Trinajstić information content (AvgIpc) is 2.44. The van der Waals surface area contributed by atoms with Crippen molar-refractivity contribution in [3.05, 3.63) is 0 Å². The highest BCUT2D eigenvalue weighted by Gasteiger charge is 2.41. The second kappa shape index (κ2) is 7.74. The van der Waals surface area contributed by atoms with Crippen LogP contribution in [0.1, 0.15) is 39.0 Å². The van der Waals surface area contributed by atoms with Crippen molar-refractivity contribution in [1.82, 2.24) is 10.2 Å². The number of nitrogens with zero attached hydrogens (tertiary/aromatic N) is 1. The molecule has 2 saturated heterocycles. The third kappa shape index (κ3) is 4.42. The molecule has 2 fully saturated rings. The summed E-state index contributed by atoms with van der Waals surface area (Å²) in [5.74, 6) is 0.732. The minimum atomic E-state index is 0.111. The molecule has 0 saturated carbocycles. The van der Waals surface area contributed by atoms with Crippen molar-refractivity contribution >= 4 is 0 Å².